The second-order valence-corrected chi connectivity index (χ2v) is 4.10. The molecule has 0 saturated carbocycles. The third-order valence-corrected chi connectivity index (χ3v) is 2.65. The molecule has 1 unspecified atom stereocenters. The third-order valence-electron chi connectivity index (χ3n) is 2.65. The highest BCUT2D eigenvalue weighted by molar-refractivity contribution is 5.24. The van der Waals surface area contributed by atoms with Crippen LogP contribution in [0, 0.1) is 6.10 Å². The van der Waals surface area contributed by atoms with Crippen molar-refractivity contribution >= 4 is 0 Å². The molecule has 0 aromatic heterocycles. The summed E-state index contributed by atoms with van der Waals surface area (Å²) < 4.78 is 11.5. The molecule has 0 saturated heterocycles. The largest absolute Gasteiger partial charge is 0.486 e. The lowest BCUT2D eigenvalue weighted by molar-refractivity contribution is 0.151. The van der Waals surface area contributed by atoms with Crippen LogP contribution in [0.4, 0.5) is 0 Å². The van der Waals surface area contributed by atoms with E-state index in [0.29, 0.717) is 0 Å². The van der Waals surface area contributed by atoms with E-state index in [9.17, 15) is 0 Å². The minimum absolute atomic E-state index is 0.0902. The zero-order valence-electron chi connectivity index (χ0n) is 10.7. The molecule has 0 amide bonds. The molecule has 0 spiro atoms. The first-order valence-corrected chi connectivity index (χ1v) is 6.04. The molecule has 0 N–H and O–H groups in total. The summed E-state index contributed by atoms with van der Waals surface area (Å²) in [6.07, 6.45) is 0.748. The first kappa shape index (κ1) is 12.5. The number of ether oxygens (including phenoxy) is 2. The molecule has 0 fully saturated rings. The Labute approximate surface area is 108 Å². The van der Waals surface area contributed by atoms with Crippen molar-refractivity contribution in [3.05, 3.63) is 66.8 Å². The second kappa shape index (κ2) is 6.10. The van der Waals surface area contributed by atoms with E-state index in [4.69, 9.17) is 9.47 Å². The molecule has 2 aromatic rings. The fourth-order valence-electron chi connectivity index (χ4n) is 1.54. The molecule has 0 aliphatic rings. The highest BCUT2D eigenvalue weighted by Crippen LogP contribution is 2.20. The summed E-state index contributed by atoms with van der Waals surface area (Å²) in [6.45, 7) is 3.91. The summed E-state index contributed by atoms with van der Waals surface area (Å²) in [5, 5.41) is 0. The van der Waals surface area contributed by atoms with Crippen LogP contribution in [0.15, 0.2) is 60.7 Å². The standard InChI is InChI=1S/C16H17O2/c1-13(17-15-9-5-3-6-10-15)14(2)18-16-11-7-4-8-12-16/h3-13H,1-2H3. The van der Waals surface area contributed by atoms with Crippen molar-refractivity contribution in [1.29, 1.82) is 0 Å². The van der Waals surface area contributed by atoms with E-state index in [2.05, 4.69) is 0 Å². The van der Waals surface area contributed by atoms with E-state index in [1.165, 1.54) is 0 Å². The van der Waals surface area contributed by atoms with Gasteiger partial charge in [0.2, 0.25) is 0 Å². The molecule has 93 valence electrons. The summed E-state index contributed by atoms with van der Waals surface area (Å²) in [5.41, 5.74) is 0. The minimum atomic E-state index is -0.0902. The summed E-state index contributed by atoms with van der Waals surface area (Å²) >= 11 is 0. The number of para-hydroxylation sites is 2. The third kappa shape index (κ3) is 3.52. The van der Waals surface area contributed by atoms with Crippen LogP contribution >= 0.6 is 0 Å². The topological polar surface area (TPSA) is 18.5 Å². The van der Waals surface area contributed by atoms with Gasteiger partial charge in [0, 0.05) is 0 Å². The molecular formula is C16H17O2. The molecule has 0 heterocycles. The van der Waals surface area contributed by atoms with Gasteiger partial charge in [0.15, 0.2) is 6.10 Å². The molecule has 18 heavy (non-hydrogen) atoms. The lowest BCUT2D eigenvalue weighted by atomic mass is 10.2. The molecule has 2 heteroatoms. The summed E-state index contributed by atoms with van der Waals surface area (Å²) in [6, 6.07) is 19.5. The van der Waals surface area contributed by atoms with Crippen LogP contribution < -0.4 is 9.47 Å². The van der Waals surface area contributed by atoms with Gasteiger partial charge in [-0.2, -0.15) is 0 Å². The van der Waals surface area contributed by atoms with Gasteiger partial charge in [-0.3, -0.25) is 0 Å². The first-order chi connectivity index (χ1) is 8.75. The number of hydrogen-bond acceptors (Lipinski definition) is 2. The molecular weight excluding hydrogens is 224 g/mol. The van der Waals surface area contributed by atoms with Crippen molar-refractivity contribution in [2.45, 2.75) is 20.0 Å². The van der Waals surface area contributed by atoms with E-state index in [1.807, 2.05) is 74.5 Å². The van der Waals surface area contributed by atoms with Gasteiger partial charge in [-0.05, 0) is 38.1 Å². The van der Waals surface area contributed by atoms with E-state index in [1.54, 1.807) is 0 Å². The average Bonchev–Trinajstić information content (AvgIpc) is 2.41. The highest BCUT2D eigenvalue weighted by Gasteiger charge is 2.17. The van der Waals surface area contributed by atoms with Crippen LogP contribution in [0.5, 0.6) is 11.5 Å². The van der Waals surface area contributed by atoms with Gasteiger partial charge in [0.25, 0.3) is 0 Å². The van der Waals surface area contributed by atoms with Crippen LogP contribution in [-0.2, 0) is 0 Å². The minimum Gasteiger partial charge on any atom is -0.486 e. The molecule has 0 aliphatic carbocycles. The van der Waals surface area contributed by atoms with Crippen molar-refractivity contribution in [2.75, 3.05) is 0 Å². The van der Waals surface area contributed by atoms with Crippen molar-refractivity contribution in [1.82, 2.24) is 0 Å². The Kier molecular flexibility index (Phi) is 4.24. The highest BCUT2D eigenvalue weighted by atomic mass is 16.5. The maximum Gasteiger partial charge on any atom is 0.185 e. The normalized spacial score (nSPS) is 12.2. The van der Waals surface area contributed by atoms with Gasteiger partial charge in [-0.15, -0.1) is 0 Å². The maximum absolute atomic E-state index is 5.79. The smallest absolute Gasteiger partial charge is 0.185 e. The first-order valence-electron chi connectivity index (χ1n) is 6.04. The van der Waals surface area contributed by atoms with Gasteiger partial charge in [-0.25, -0.2) is 0 Å². The Balaban J connectivity index is 1.91. The van der Waals surface area contributed by atoms with Crippen molar-refractivity contribution < 1.29 is 9.47 Å². The molecule has 0 aliphatic heterocycles. The SMILES string of the molecule is C[C](Oc1ccccc1)C(C)Oc1ccccc1. The fraction of sp³-hybridized carbons (Fsp3) is 0.188. The molecule has 2 aromatic carbocycles. The van der Waals surface area contributed by atoms with Crippen molar-refractivity contribution in [2.24, 2.45) is 0 Å². The van der Waals surface area contributed by atoms with E-state index in [0.717, 1.165) is 17.6 Å². The van der Waals surface area contributed by atoms with Crippen LogP contribution in [0.25, 0.3) is 0 Å². The van der Waals surface area contributed by atoms with Crippen LogP contribution in [0.1, 0.15) is 13.8 Å². The van der Waals surface area contributed by atoms with Crippen molar-refractivity contribution in [3.63, 3.8) is 0 Å². The van der Waals surface area contributed by atoms with Crippen LogP contribution in [-0.4, -0.2) is 6.10 Å². The predicted octanol–water partition coefficient (Wildman–Crippen LogP) is 4.08. The maximum atomic E-state index is 5.79. The Bertz CT molecular complexity index is 408. The quantitative estimate of drug-likeness (QED) is 0.785. The molecule has 2 nitrogen and oxygen atoms in total. The molecule has 0 bridgehead atoms. The molecule has 1 atom stereocenters. The zero-order valence-corrected chi connectivity index (χ0v) is 10.7. The summed E-state index contributed by atoms with van der Waals surface area (Å²) in [4.78, 5) is 0. The lowest BCUT2D eigenvalue weighted by Crippen LogP contribution is -2.23. The van der Waals surface area contributed by atoms with Gasteiger partial charge in [-0.1, -0.05) is 36.4 Å². The Morgan fingerprint density at radius 3 is 1.89 bits per heavy atom. The van der Waals surface area contributed by atoms with Crippen LogP contribution in [0.2, 0.25) is 0 Å². The van der Waals surface area contributed by atoms with Crippen LogP contribution in [0.3, 0.4) is 0 Å². The Morgan fingerprint density at radius 1 is 0.833 bits per heavy atom. The Hall–Kier alpha value is -1.96. The van der Waals surface area contributed by atoms with E-state index >= 15 is 0 Å². The average molecular weight is 241 g/mol. The van der Waals surface area contributed by atoms with Crippen molar-refractivity contribution in [3.8, 4) is 11.5 Å². The molecule has 1 radical (unpaired) electrons. The predicted molar refractivity (Wildman–Crippen MR) is 72.5 cm³/mol. The van der Waals surface area contributed by atoms with Gasteiger partial charge in [0.05, 0.1) is 0 Å². The summed E-state index contributed by atoms with van der Waals surface area (Å²) in [5.74, 6) is 1.68. The zero-order chi connectivity index (χ0) is 12.8. The monoisotopic (exact) mass is 241 g/mol. The van der Waals surface area contributed by atoms with E-state index < -0.39 is 0 Å². The summed E-state index contributed by atoms with van der Waals surface area (Å²) in [7, 11) is 0. The van der Waals surface area contributed by atoms with Gasteiger partial charge < -0.3 is 9.47 Å². The number of rotatable bonds is 5. The fourth-order valence-corrected chi connectivity index (χ4v) is 1.54. The lowest BCUT2D eigenvalue weighted by Gasteiger charge is -2.21. The Morgan fingerprint density at radius 2 is 1.33 bits per heavy atom. The molecule has 2 rings (SSSR count). The van der Waals surface area contributed by atoms with Gasteiger partial charge >= 0.3 is 0 Å². The number of hydrogen-bond donors (Lipinski definition) is 0. The number of benzene rings is 2. The van der Waals surface area contributed by atoms with E-state index in [-0.39, 0.29) is 6.10 Å². The second-order valence-electron chi connectivity index (χ2n) is 4.10. The van der Waals surface area contributed by atoms with Gasteiger partial charge in [0.1, 0.15) is 17.6 Å².